The van der Waals surface area contributed by atoms with Crippen molar-refractivity contribution in [1.29, 1.82) is 0 Å². The summed E-state index contributed by atoms with van der Waals surface area (Å²) in [5.74, 6) is 1.32. The fourth-order valence-electron chi connectivity index (χ4n) is 3.86. The molecule has 3 rings (SSSR count). The van der Waals surface area contributed by atoms with E-state index in [0.717, 1.165) is 31.6 Å². The molecule has 26 heavy (non-hydrogen) atoms. The van der Waals surface area contributed by atoms with Gasteiger partial charge in [-0.25, -0.2) is 0 Å². The number of nitrogens with one attached hydrogen (secondary N) is 1. The molecule has 2 aromatic rings. The van der Waals surface area contributed by atoms with Crippen LogP contribution in [-0.2, 0) is 22.5 Å². The first kappa shape index (κ1) is 18.7. The SMILES string of the molecule is CC(C)[C@@H]1C[C@](CC(=O)NCc2ccco2)(Cc2ccccc2)CCO1. The largest absolute Gasteiger partial charge is 0.467 e. The monoisotopic (exact) mass is 355 g/mol. The van der Waals surface area contributed by atoms with Crippen LogP contribution in [0.1, 0.15) is 44.4 Å². The molecule has 1 aromatic heterocycles. The molecule has 140 valence electrons. The van der Waals surface area contributed by atoms with Crippen LogP contribution in [0.15, 0.2) is 53.1 Å². The maximum Gasteiger partial charge on any atom is 0.220 e. The Kier molecular flexibility index (Phi) is 6.15. The number of carbonyl (C=O) groups is 1. The first-order chi connectivity index (χ1) is 12.6. The zero-order valence-corrected chi connectivity index (χ0v) is 15.7. The summed E-state index contributed by atoms with van der Waals surface area (Å²) < 4.78 is 11.3. The van der Waals surface area contributed by atoms with Gasteiger partial charge < -0.3 is 14.5 Å². The van der Waals surface area contributed by atoms with Crippen LogP contribution >= 0.6 is 0 Å². The molecule has 2 atom stereocenters. The molecular formula is C22H29NO3. The lowest BCUT2D eigenvalue weighted by atomic mass is 9.69. The van der Waals surface area contributed by atoms with Crippen LogP contribution < -0.4 is 5.32 Å². The Morgan fingerprint density at radius 2 is 2.04 bits per heavy atom. The average Bonchev–Trinajstić information content (AvgIpc) is 3.14. The Morgan fingerprint density at radius 1 is 1.23 bits per heavy atom. The van der Waals surface area contributed by atoms with Crippen LogP contribution in [0.4, 0.5) is 0 Å². The number of carbonyl (C=O) groups excluding carboxylic acids is 1. The second-order valence-corrected chi connectivity index (χ2v) is 7.80. The van der Waals surface area contributed by atoms with E-state index in [1.807, 2.05) is 18.2 Å². The smallest absolute Gasteiger partial charge is 0.220 e. The molecule has 1 aromatic carbocycles. The Morgan fingerprint density at radius 3 is 2.73 bits per heavy atom. The number of rotatable bonds is 7. The van der Waals surface area contributed by atoms with Gasteiger partial charge in [-0.3, -0.25) is 4.79 Å². The Hall–Kier alpha value is -2.07. The van der Waals surface area contributed by atoms with Gasteiger partial charge in [0.05, 0.1) is 18.9 Å². The fourth-order valence-corrected chi connectivity index (χ4v) is 3.86. The quantitative estimate of drug-likeness (QED) is 0.803. The molecule has 1 fully saturated rings. The second-order valence-electron chi connectivity index (χ2n) is 7.80. The number of amides is 1. The molecule has 0 spiro atoms. The standard InChI is InChI=1S/C22H29NO3/c1-17(2)20-14-22(10-12-26-20,13-18-7-4-3-5-8-18)15-21(24)23-16-19-9-6-11-25-19/h3-9,11,17,20H,10,12-16H2,1-2H3,(H,23,24)/t20-,22+/m0/s1. The van der Waals surface area contributed by atoms with Crippen molar-refractivity contribution in [3.8, 4) is 0 Å². The van der Waals surface area contributed by atoms with Crippen molar-refractivity contribution in [2.24, 2.45) is 11.3 Å². The van der Waals surface area contributed by atoms with E-state index in [1.165, 1.54) is 5.56 Å². The minimum atomic E-state index is -0.0538. The van der Waals surface area contributed by atoms with E-state index in [2.05, 4.69) is 43.4 Å². The molecule has 1 aliphatic rings. The van der Waals surface area contributed by atoms with Crippen LogP contribution in [0.25, 0.3) is 0 Å². The zero-order valence-electron chi connectivity index (χ0n) is 15.7. The van der Waals surface area contributed by atoms with Gasteiger partial charge >= 0.3 is 0 Å². The first-order valence-electron chi connectivity index (χ1n) is 9.51. The number of furan rings is 1. The van der Waals surface area contributed by atoms with Crippen LogP contribution in [0.5, 0.6) is 0 Å². The van der Waals surface area contributed by atoms with E-state index >= 15 is 0 Å². The number of hydrogen-bond donors (Lipinski definition) is 1. The third-order valence-electron chi connectivity index (χ3n) is 5.34. The molecule has 0 aliphatic carbocycles. The van der Waals surface area contributed by atoms with Crippen molar-refractivity contribution < 1.29 is 13.9 Å². The van der Waals surface area contributed by atoms with Crippen molar-refractivity contribution in [2.45, 2.75) is 52.2 Å². The lowest BCUT2D eigenvalue weighted by Crippen LogP contribution is -2.42. The summed E-state index contributed by atoms with van der Waals surface area (Å²) >= 11 is 0. The topological polar surface area (TPSA) is 51.5 Å². The summed E-state index contributed by atoms with van der Waals surface area (Å²) in [6.07, 6.45) is 5.12. The van der Waals surface area contributed by atoms with Crippen LogP contribution in [0.3, 0.4) is 0 Å². The van der Waals surface area contributed by atoms with Gasteiger partial charge in [-0.2, -0.15) is 0 Å². The average molecular weight is 355 g/mol. The minimum absolute atomic E-state index is 0.0538. The second kappa shape index (κ2) is 8.54. The summed E-state index contributed by atoms with van der Waals surface area (Å²) in [5, 5.41) is 3.01. The Balaban J connectivity index is 1.70. The minimum Gasteiger partial charge on any atom is -0.467 e. The highest BCUT2D eigenvalue weighted by Crippen LogP contribution is 2.41. The van der Waals surface area contributed by atoms with E-state index in [-0.39, 0.29) is 17.4 Å². The lowest BCUT2D eigenvalue weighted by molar-refractivity contribution is -0.128. The van der Waals surface area contributed by atoms with Crippen LogP contribution in [0, 0.1) is 11.3 Å². The van der Waals surface area contributed by atoms with Gasteiger partial charge in [0.25, 0.3) is 0 Å². The summed E-state index contributed by atoms with van der Waals surface area (Å²) in [7, 11) is 0. The van der Waals surface area contributed by atoms with Gasteiger partial charge in [0.1, 0.15) is 5.76 Å². The van der Waals surface area contributed by atoms with E-state index in [0.29, 0.717) is 18.9 Å². The van der Waals surface area contributed by atoms with E-state index < -0.39 is 0 Å². The highest BCUT2D eigenvalue weighted by atomic mass is 16.5. The number of ether oxygens (including phenoxy) is 1. The number of benzene rings is 1. The molecule has 0 saturated carbocycles. The maximum atomic E-state index is 12.7. The lowest BCUT2D eigenvalue weighted by Gasteiger charge is -2.42. The number of hydrogen-bond acceptors (Lipinski definition) is 3. The molecule has 1 saturated heterocycles. The van der Waals surface area contributed by atoms with Gasteiger partial charge in [0.15, 0.2) is 0 Å². The Labute approximate surface area is 155 Å². The summed E-state index contributed by atoms with van der Waals surface area (Å²) in [5.41, 5.74) is 1.23. The molecular weight excluding hydrogens is 326 g/mol. The summed E-state index contributed by atoms with van der Waals surface area (Å²) in [6.45, 7) is 5.55. The molecule has 0 unspecified atom stereocenters. The van der Waals surface area contributed by atoms with E-state index in [9.17, 15) is 4.79 Å². The molecule has 1 aliphatic heterocycles. The maximum absolute atomic E-state index is 12.7. The molecule has 1 amide bonds. The molecule has 4 nitrogen and oxygen atoms in total. The van der Waals surface area contributed by atoms with Gasteiger partial charge in [-0.05, 0) is 48.3 Å². The van der Waals surface area contributed by atoms with Gasteiger partial charge in [-0.15, -0.1) is 0 Å². The summed E-state index contributed by atoms with van der Waals surface area (Å²) in [4.78, 5) is 12.7. The van der Waals surface area contributed by atoms with E-state index in [1.54, 1.807) is 6.26 Å². The predicted octanol–water partition coefficient (Wildman–Crippen LogP) is 4.35. The van der Waals surface area contributed by atoms with Gasteiger partial charge in [0.2, 0.25) is 5.91 Å². The van der Waals surface area contributed by atoms with Crippen molar-refractivity contribution >= 4 is 5.91 Å². The highest BCUT2D eigenvalue weighted by Gasteiger charge is 2.39. The predicted molar refractivity (Wildman–Crippen MR) is 102 cm³/mol. The normalized spacial score (nSPS) is 23.1. The molecule has 1 N–H and O–H groups in total. The third kappa shape index (κ3) is 4.98. The first-order valence-corrected chi connectivity index (χ1v) is 9.51. The molecule has 2 heterocycles. The Bertz CT molecular complexity index is 681. The van der Waals surface area contributed by atoms with Crippen LogP contribution in [-0.4, -0.2) is 18.6 Å². The third-order valence-corrected chi connectivity index (χ3v) is 5.34. The highest BCUT2D eigenvalue weighted by molar-refractivity contribution is 5.76. The van der Waals surface area contributed by atoms with Gasteiger partial charge in [0, 0.05) is 13.0 Å². The molecule has 0 radical (unpaired) electrons. The zero-order chi connectivity index (χ0) is 18.4. The van der Waals surface area contributed by atoms with Crippen molar-refractivity contribution in [1.82, 2.24) is 5.32 Å². The van der Waals surface area contributed by atoms with Crippen molar-refractivity contribution in [2.75, 3.05) is 6.61 Å². The summed E-state index contributed by atoms with van der Waals surface area (Å²) in [6, 6.07) is 14.2. The van der Waals surface area contributed by atoms with Crippen LogP contribution in [0.2, 0.25) is 0 Å². The molecule has 4 heteroatoms. The van der Waals surface area contributed by atoms with E-state index in [4.69, 9.17) is 9.15 Å². The fraction of sp³-hybridized carbons (Fsp3) is 0.500. The van der Waals surface area contributed by atoms with Gasteiger partial charge in [-0.1, -0.05) is 44.2 Å². The molecule has 0 bridgehead atoms. The van der Waals surface area contributed by atoms with Crippen molar-refractivity contribution in [3.05, 3.63) is 60.1 Å². The van der Waals surface area contributed by atoms with Crippen molar-refractivity contribution in [3.63, 3.8) is 0 Å².